The van der Waals surface area contributed by atoms with Crippen LogP contribution in [-0.2, 0) is 14.3 Å². The molecule has 104 valence electrons. The summed E-state index contributed by atoms with van der Waals surface area (Å²) in [5, 5.41) is 12.1. The molecule has 0 aliphatic heterocycles. The van der Waals surface area contributed by atoms with Crippen LogP contribution in [0.5, 0.6) is 0 Å². The van der Waals surface area contributed by atoms with E-state index in [1.54, 1.807) is 0 Å². The Morgan fingerprint density at radius 1 is 1.22 bits per heavy atom. The zero-order valence-corrected chi connectivity index (χ0v) is 11.0. The SMILES string of the molecule is CCOCC(=O)NCC1(C(=O)O)CCCCCC1. The minimum absolute atomic E-state index is 0.00615. The Labute approximate surface area is 108 Å². The van der Waals surface area contributed by atoms with Crippen molar-refractivity contribution in [3.63, 3.8) is 0 Å². The van der Waals surface area contributed by atoms with E-state index in [-0.39, 0.29) is 19.1 Å². The largest absolute Gasteiger partial charge is 0.481 e. The molecule has 0 bridgehead atoms. The molecule has 0 radical (unpaired) electrons. The summed E-state index contributed by atoms with van der Waals surface area (Å²) < 4.78 is 4.99. The summed E-state index contributed by atoms with van der Waals surface area (Å²) in [6.45, 7) is 2.52. The van der Waals surface area contributed by atoms with Crippen LogP contribution in [-0.4, -0.2) is 36.7 Å². The second-order valence-electron chi connectivity index (χ2n) is 4.91. The third-order valence-corrected chi connectivity index (χ3v) is 3.58. The summed E-state index contributed by atoms with van der Waals surface area (Å²) in [6, 6.07) is 0. The van der Waals surface area contributed by atoms with Gasteiger partial charge in [0.05, 0.1) is 5.41 Å². The van der Waals surface area contributed by atoms with E-state index in [1.807, 2.05) is 6.92 Å². The van der Waals surface area contributed by atoms with Crippen molar-refractivity contribution in [2.45, 2.75) is 45.4 Å². The molecule has 1 saturated carbocycles. The second kappa shape index (κ2) is 7.36. The van der Waals surface area contributed by atoms with Gasteiger partial charge in [-0.3, -0.25) is 9.59 Å². The van der Waals surface area contributed by atoms with Crippen LogP contribution in [0.3, 0.4) is 0 Å². The summed E-state index contributed by atoms with van der Waals surface area (Å²) in [5.41, 5.74) is -0.779. The molecule has 1 aliphatic rings. The normalized spacial score (nSPS) is 18.9. The first-order chi connectivity index (χ1) is 8.60. The predicted molar refractivity (Wildman–Crippen MR) is 67.3 cm³/mol. The lowest BCUT2D eigenvalue weighted by Crippen LogP contribution is -2.43. The number of aliphatic carboxylic acids is 1. The first-order valence-electron chi connectivity index (χ1n) is 6.68. The smallest absolute Gasteiger partial charge is 0.311 e. The number of carbonyl (C=O) groups excluding carboxylic acids is 1. The Morgan fingerprint density at radius 2 is 1.83 bits per heavy atom. The van der Waals surface area contributed by atoms with Crippen LogP contribution in [0.2, 0.25) is 0 Å². The molecule has 1 fully saturated rings. The quantitative estimate of drug-likeness (QED) is 0.708. The second-order valence-corrected chi connectivity index (χ2v) is 4.91. The average molecular weight is 257 g/mol. The van der Waals surface area contributed by atoms with E-state index in [0.29, 0.717) is 19.4 Å². The third kappa shape index (κ3) is 4.29. The van der Waals surface area contributed by atoms with E-state index >= 15 is 0 Å². The summed E-state index contributed by atoms with van der Waals surface area (Å²) in [4.78, 5) is 22.9. The van der Waals surface area contributed by atoms with Crippen LogP contribution in [0, 0.1) is 5.41 Å². The summed E-state index contributed by atoms with van der Waals surface area (Å²) >= 11 is 0. The lowest BCUT2D eigenvalue weighted by Gasteiger charge is -2.28. The lowest BCUT2D eigenvalue weighted by atomic mass is 9.80. The molecule has 0 aromatic carbocycles. The third-order valence-electron chi connectivity index (χ3n) is 3.58. The van der Waals surface area contributed by atoms with Crippen molar-refractivity contribution in [3.05, 3.63) is 0 Å². The first kappa shape index (κ1) is 15.0. The van der Waals surface area contributed by atoms with Crippen molar-refractivity contribution < 1.29 is 19.4 Å². The first-order valence-corrected chi connectivity index (χ1v) is 6.68. The van der Waals surface area contributed by atoms with Gasteiger partial charge in [0.1, 0.15) is 6.61 Å². The fourth-order valence-corrected chi connectivity index (χ4v) is 2.39. The van der Waals surface area contributed by atoms with Crippen LogP contribution in [0.15, 0.2) is 0 Å². The molecule has 5 nitrogen and oxygen atoms in total. The van der Waals surface area contributed by atoms with Gasteiger partial charge in [0.2, 0.25) is 5.91 Å². The van der Waals surface area contributed by atoms with Crippen molar-refractivity contribution in [1.82, 2.24) is 5.32 Å². The fourth-order valence-electron chi connectivity index (χ4n) is 2.39. The number of nitrogens with one attached hydrogen (secondary N) is 1. The zero-order chi connectivity index (χ0) is 13.4. The number of carboxylic acid groups (broad SMARTS) is 1. The molecule has 1 aliphatic carbocycles. The topological polar surface area (TPSA) is 75.6 Å². The van der Waals surface area contributed by atoms with Crippen LogP contribution >= 0.6 is 0 Å². The molecule has 0 aromatic heterocycles. The summed E-state index contributed by atoms with van der Waals surface area (Å²) in [6.07, 6.45) is 5.32. The molecule has 0 heterocycles. The van der Waals surface area contributed by atoms with Gasteiger partial charge in [-0.15, -0.1) is 0 Å². The Bertz CT molecular complexity index is 283. The van der Waals surface area contributed by atoms with E-state index in [0.717, 1.165) is 25.7 Å². The molecule has 5 heteroatoms. The van der Waals surface area contributed by atoms with Crippen LogP contribution in [0.1, 0.15) is 45.4 Å². The molecule has 1 rings (SSSR count). The maximum atomic E-state index is 11.5. The van der Waals surface area contributed by atoms with Gasteiger partial charge in [-0.2, -0.15) is 0 Å². The minimum Gasteiger partial charge on any atom is -0.481 e. The standard InChI is InChI=1S/C13H23NO4/c1-2-18-9-11(15)14-10-13(12(16)17)7-5-3-4-6-8-13/h2-10H2,1H3,(H,14,15)(H,16,17). The Hall–Kier alpha value is -1.10. The molecule has 0 atom stereocenters. The molecule has 0 spiro atoms. The molecule has 1 amide bonds. The molecule has 0 unspecified atom stereocenters. The number of carbonyl (C=O) groups is 2. The number of hydrogen-bond acceptors (Lipinski definition) is 3. The van der Waals surface area contributed by atoms with Crippen molar-refractivity contribution >= 4 is 11.9 Å². The van der Waals surface area contributed by atoms with Crippen molar-refractivity contribution in [3.8, 4) is 0 Å². The van der Waals surface area contributed by atoms with Gasteiger partial charge >= 0.3 is 5.97 Å². The van der Waals surface area contributed by atoms with E-state index in [1.165, 1.54) is 0 Å². The van der Waals surface area contributed by atoms with Gasteiger partial charge < -0.3 is 15.2 Å². The Balaban J connectivity index is 2.51. The highest BCUT2D eigenvalue weighted by Gasteiger charge is 2.38. The Morgan fingerprint density at radius 3 is 2.33 bits per heavy atom. The molecule has 0 saturated heterocycles. The molecule has 18 heavy (non-hydrogen) atoms. The van der Waals surface area contributed by atoms with Crippen LogP contribution < -0.4 is 5.32 Å². The van der Waals surface area contributed by atoms with Gasteiger partial charge in [0.15, 0.2) is 0 Å². The molecule has 0 aromatic rings. The fraction of sp³-hybridized carbons (Fsp3) is 0.846. The molecular formula is C13H23NO4. The summed E-state index contributed by atoms with van der Waals surface area (Å²) in [7, 11) is 0. The highest BCUT2D eigenvalue weighted by molar-refractivity contribution is 5.79. The van der Waals surface area contributed by atoms with Gasteiger partial charge in [-0.25, -0.2) is 0 Å². The van der Waals surface area contributed by atoms with E-state index in [2.05, 4.69) is 5.32 Å². The van der Waals surface area contributed by atoms with Gasteiger partial charge in [-0.1, -0.05) is 25.7 Å². The highest BCUT2D eigenvalue weighted by atomic mass is 16.5. The highest BCUT2D eigenvalue weighted by Crippen LogP contribution is 2.34. The number of hydrogen-bond donors (Lipinski definition) is 2. The zero-order valence-electron chi connectivity index (χ0n) is 11.0. The average Bonchev–Trinajstić information content (AvgIpc) is 2.60. The van der Waals surface area contributed by atoms with Gasteiger partial charge in [0.25, 0.3) is 0 Å². The van der Waals surface area contributed by atoms with E-state index in [4.69, 9.17) is 4.74 Å². The maximum Gasteiger partial charge on any atom is 0.311 e. The van der Waals surface area contributed by atoms with Gasteiger partial charge in [-0.05, 0) is 19.8 Å². The molecule has 2 N–H and O–H groups in total. The minimum atomic E-state index is -0.791. The number of carboxylic acids is 1. The summed E-state index contributed by atoms with van der Waals surface area (Å²) in [5.74, 6) is -1.03. The van der Waals surface area contributed by atoms with E-state index < -0.39 is 11.4 Å². The van der Waals surface area contributed by atoms with Crippen molar-refractivity contribution in [2.75, 3.05) is 19.8 Å². The van der Waals surface area contributed by atoms with E-state index in [9.17, 15) is 14.7 Å². The van der Waals surface area contributed by atoms with Crippen LogP contribution in [0.4, 0.5) is 0 Å². The van der Waals surface area contributed by atoms with Crippen molar-refractivity contribution in [2.24, 2.45) is 5.41 Å². The number of rotatable bonds is 6. The lowest BCUT2D eigenvalue weighted by molar-refractivity contribution is -0.150. The predicted octanol–water partition coefficient (Wildman–Crippen LogP) is 1.56. The van der Waals surface area contributed by atoms with Crippen molar-refractivity contribution in [1.29, 1.82) is 0 Å². The van der Waals surface area contributed by atoms with Crippen LogP contribution in [0.25, 0.3) is 0 Å². The monoisotopic (exact) mass is 257 g/mol. The number of ether oxygens (including phenoxy) is 1. The molecular weight excluding hydrogens is 234 g/mol. The maximum absolute atomic E-state index is 11.5. The Kier molecular flexibility index (Phi) is 6.12. The number of amides is 1. The van der Waals surface area contributed by atoms with Gasteiger partial charge in [0, 0.05) is 13.2 Å².